The summed E-state index contributed by atoms with van der Waals surface area (Å²) in [5, 5.41) is 5.87. The zero-order chi connectivity index (χ0) is 47.0. The lowest BCUT2D eigenvalue weighted by Gasteiger charge is -2.34. The fourth-order valence-corrected chi connectivity index (χ4v) is 8.44. The number of imidazole rings is 2. The molecular formula is C47H68N14O4. The first-order valence-corrected chi connectivity index (χ1v) is 23.1. The number of alkyl carbamates (subject to hydrolysis) is 1. The number of fused-ring (bicyclic) bond motifs is 6. The van der Waals surface area contributed by atoms with Gasteiger partial charge in [-0.1, -0.05) is 54.4 Å². The summed E-state index contributed by atoms with van der Waals surface area (Å²) >= 11 is 0. The van der Waals surface area contributed by atoms with Crippen LogP contribution in [0.1, 0.15) is 106 Å². The lowest BCUT2D eigenvalue weighted by Crippen LogP contribution is -2.53. The molecule has 6 aromatic heterocycles. The molecule has 0 radical (unpaired) electrons. The predicted molar refractivity (Wildman–Crippen MR) is 256 cm³/mol. The number of ether oxygens (including phenoxy) is 1. The second-order valence-electron chi connectivity index (χ2n) is 18.5. The van der Waals surface area contributed by atoms with Crippen LogP contribution >= 0.6 is 0 Å². The number of aromatic nitrogens is 8. The number of aryl methyl sites for hydroxylation is 2. The van der Waals surface area contributed by atoms with Crippen molar-refractivity contribution in [2.75, 3.05) is 31.1 Å². The number of nitrogen functional groups attached to an aromatic ring is 2. The number of amides is 3. The molecule has 2 unspecified atom stereocenters. The third kappa shape index (κ3) is 11.6. The van der Waals surface area contributed by atoms with Gasteiger partial charge in [-0.2, -0.15) is 0 Å². The van der Waals surface area contributed by atoms with Gasteiger partial charge in [-0.25, -0.2) is 24.7 Å². The molecule has 0 saturated heterocycles. The van der Waals surface area contributed by atoms with Gasteiger partial charge in [-0.05, 0) is 75.6 Å². The molecule has 2 atom stereocenters. The summed E-state index contributed by atoms with van der Waals surface area (Å²) in [6.45, 7) is 17.0. The third-order valence-electron chi connectivity index (χ3n) is 11.4. The predicted octanol–water partition coefficient (Wildman–Crippen LogP) is 6.06. The van der Waals surface area contributed by atoms with E-state index in [-0.39, 0.29) is 43.3 Å². The van der Waals surface area contributed by atoms with Crippen LogP contribution in [-0.2, 0) is 40.3 Å². The second kappa shape index (κ2) is 21.2. The van der Waals surface area contributed by atoms with E-state index in [0.29, 0.717) is 77.1 Å². The van der Waals surface area contributed by atoms with Crippen LogP contribution in [0, 0.1) is 11.8 Å². The van der Waals surface area contributed by atoms with Crippen molar-refractivity contribution in [2.45, 2.75) is 138 Å². The normalized spacial score (nSPS) is 13.0. The van der Waals surface area contributed by atoms with E-state index in [0.717, 1.165) is 54.8 Å². The molecule has 350 valence electrons. The summed E-state index contributed by atoms with van der Waals surface area (Å²) < 4.78 is 10.2. The monoisotopic (exact) mass is 893 g/mol. The van der Waals surface area contributed by atoms with E-state index in [2.05, 4.69) is 53.6 Å². The van der Waals surface area contributed by atoms with Gasteiger partial charge < -0.3 is 46.6 Å². The van der Waals surface area contributed by atoms with E-state index in [1.807, 2.05) is 52.0 Å². The van der Waals surface area contributed by atoms with Gasteiger partial charge in [0.25, 0.3) is 0 Å². The Labute approximate surface area is 380 Å². The van der Waals surface area contributed by atoms with Gasteiger partial charge in [0, 0.05) is 51.4 Å². The number of rotatable bonds is 22. The van der Waals surface area contributed by atoms with Crippen molar-refractivity contribution >= 4 is 73.7 Å². The van der Waals surface area contributed by atoms with Gasteiger partial charge in [-0.3, -0.25) is 19.6 Å². The minimum atomic E-state index is -1.19. The number of carbonyl (C=O) groups excluding carboxylic acids is 3. The molecule has 0 fully saturated rings. The number of hydrogen-bond acceptors (Lipinski definition) is 13. The molecule has 0 aliphatic heterocycles. The SMILES string of the molecule is CCCCc1nc2c(N)nc3cccnc3c2n1CCNC(=O)C(CC(C)C)NC(=O)OC(C)(C)CN(CCn1c(CCCC)nc2c(N)nc3cccnc3c21)C(=O)C(N)CC(C)C. The highest BCUT2D eigenvalue weighted by Crippen LogP contribution is 2.30. The number of pyridine rings is 4. The molecule has 0 spiro atoms. The maximum atomic E-state index is 14.2. The number of unbranched alkanes of at least 4 members (excludes halogenated alkanes) is 2. The molecular weight excluding hydrogens is 825 g/mol. The quantitative estimate of drug-likeness (QED) is 0.0520. The molecule has 0 aliphatic rings. The summed E-state index contributed by atoms with van der Waals surface area (Å²) in [5.74, 6) is 1.93. The lowest BCUT2D eigenvalue weighted by atomic mass is 10.0. The van der Waals surface area contributed by atoms with E-state index in [1.54, 1.807) is 31.1 Å². The summed E-state index contributed by atoms with van der Waals surface area (Å²) in [7, 11) is 0. The van der Waals surface area contributed by atoms with Crippen LogP contribution in [0.5, 0.6) is 0 Å². The Morgan fingerprint density at radius 3 is 1.80 bits per heavy atom. The highest BCUT2D eigenvalue weighted by atomic mass is 16.6. The van der Waals surface area contributed by atoms with Gasteiger partial charge in [0.05, 0.1) is 23.6 Å². The molecule has 0 aromatic carbocycles. The van der Waals surface area contributed by atoms with Crippen LogP contribution in [0.25, 0.3) is 44.1 Å². The highest BCUT2D eigenvalue weighted by molar-refractivity contribution is 6.05. The van der Waals surface area contributed by atoms with Crippen LogP contribution in [0.2, 0.25) is 0 Å². The smallest absolute Gasteiger partial charge is 0.408 e. The van der Waals surface area contributed by atoms with E-state index in [4.69, 9.17) is 31.9 Å². The molecule has 6 heterocycles. The summed E-state index contributed by atoms with van der Waals surface area (Å²) in [6.07, 6.45) is 8.68. The first kappa shape index (κ1) is 48.3. The molecule has 65 heavy (non-hydrogen) atoms. The fraction of sp³-hybridized carbons (Fsp3) is 0.553. The van der Waals surface area contributed by atoms with Crippen molar-refractivity contribution in [1.29, 1.82) is 0 Å². The molecule has 3 amide bonds. The molecule has 0 saturated carbocycles. The Morgan fingerprint density at radius 1 is 0.769 bits per heavy atom. The van der Waals surface area contributed by atoms with Crippen molar-refractivity contribution in [3.05, 3.63) is 48.3 Å². The van der Waals surface area contributed by atoms with Crippen molar-refractivity contribution in [1.82, 2.24) is 54.6 Å². The topological polar surface area (TPSA) is 253 Å². The number of nitrogens with two attached hydrogens (primary N) is 3. The summed E-state index contributed by atoms with van der Waals surface area (Å²) in [5.41, 5.74) is 23.5. The summed E-state index contributed by atoms with van der Waals surface area (Å²) in [4.78, 5) is 71.6. The average Bonchev–Trinajstić information content (AvgIpc) is 3.81. The molecule has 8 N–H and O–H groups in total. The molecule has 6 aromatic rings. The van der Waals surface area contributed by atoms with Crippen molar-refractivity contribution in [3.63, 3.8) is 0 Å². The van der Waals surface area contributed by atoms with Crippen LogP contribution in [0.15, 0.2) is 36.7 Å². The second-order valence-corrected chi connectivity index (χ2v) is 18.5. The number of nitrogens with one attached hydrogen (secondary N) is 2. The van der Waals surface area contributed by atoms with Gasteiger partial charge >= 0.3 is 6.09 Å². The zero-order valence-corrected chi connectivity index (χ0v) is 39.4. The maximum absolute atomic E-state index is 14.2. The van der Waals surface area contributed by atoms with E-state index in [9.17, 15) is 14.4 Å². The Balaban J connectivity index is 1.18. The van der Waals surface area contributed by atoms with Crippen LogP contribution in [0.4, 0.5) is 16.4 Å². The standard InChI is InChI=1S/C47H68N14O4/c1-9-11-17-34-57-38-40(36-31(54-42(38)49)15-13-19-51-36)60(34)22-21-53-44(62)33(26-29(5)6)56-46(64)65-47(7,8)27-59(45(63)30(48)25-28(3)4)23-24-61-35(18-12-10-2)58-39-41(61)37-32(55-43(39)50)16-14-20-52-37/h13-16,19-20,28-30,33H,9-12,17-18,21-27,48H2,1-8H3,(H2,49,54)(H2,50,55)(H,53,62)(H,56,64). The number of nitrogens with zero attached hydrogens (tertiary/aromatic N) is 9. The number of anilines is 2. The fourth-order valence-electron chi connectivity index (χ4n) is 8.44. The van der Waals surface area contributed by atoms with Crippen LogP contribution in [-0.4, -0.2) is 99.2 Å². The number of carbonyl (C=O) groups is 3. The first-order valence-electron chi connectivity index (χ1n) is 23.1. The number of hydrogen-bond donors (Lipinski definition) is 5. The van der Waals surface area contributed by atoms with Gasteiger partial charge in [0.1, 0.15) is 56.4 Å². The minimum absolute atomic E-state index is 0.0362. The first-order chi connectivity index (χ1) is 31.0. The molecule has 0 aliphatic carbocycles. The van der Waals surface area contributed by atoms with Crippen LogP contribution in [0.3, 0.4) is 0 Å². The largest absolute Gasteiger partial charge is 0.442 e. The Kier molecular flexibility index (Phi) is 15.8. The zero-order valence-electron chi connectivity index (χ0n) is 39.4. The van der Waals surface area contributed by atoms with Gasteiger partial charge in [0.2, 0.25) is 11.8 Å². The van der Waals surface area contributed by atoms with Crippen molar-refractivity contribution in [2.24, 2.45) is 17.6 Å². The molecule has 0 bridgehead atoms. The minimum Gasteiger partial charge on any atom is -0.442 e. The van der Waals surface area contributed by atoms with Gasteiger partial charge in [-0.15, -0.1) is 0 Å². The third-order valence-corrected chi connectivity index (χ3v) is 11.4. The Bertz CT molecular complexity index is 2620. The van der Waals surface area contributed by atoms with Crippen molar-refractivity contribution < 1.29 is 19.1 Å². The van der Waals surface area contributed by atoms with E-state index < -0.39 is 23.8 Å². The molecule has 6 rings (SSSR count). The van der Waals surface area contributed by atoms with E-state index in [1.165, 1.54) is 0 Å². The highest BCUT2D eigenvalue weighted by Gasteiger charge is 2.33. The lowest BCUT2D eigenvalue weighted by molar-refractivity contribution is -0.136. The average molecular weight is 893 g/mol. The van der Waals surface area contributed by atoms with Crippen LogP contribution < -0.4 is 27.8 Å². The van der Waals surface area contributed by atoms with Gasteiger partial charge in [0.15, 0.2) is 11.6 Å². The van der Waals surface area contributed by atoms with Crippen molar-refractivity contribution in [3.8, 4) is 0 Å². The maximum Gasteiger partial charge on any atom is 0.408 e. The van der Waals surface area contributed by atoms with E-state index >= 15 is 0 Å². The Morgan fingerprint density at radius 2 is 1.29 bits per heavy atom. The Hall–Kier alpha value is -6.17. The summed E-state index contributed by atoms with van der Waals surface area (Å²) in [6, 6.07) is 5.70. The molecule has 18 heteroatoms. The molecule has 18 nitrogen and oxygen atoms in total.